The molecule has 0 saturated carbocycles. The maximum atomic E-state index is 12.4. The zero-order valence-corrected chi connectivity index (χ0v) is 15.5. The Balaban J connectivity index is 1.61. The number of hydrogen-bond donors (Lipinski definition) is 2. The second-order valence-electron chi connectivity index (χ2n) is 5.76. The molecule has 0 bridgehead atoms. The lowest BCUT2D eigenvalue weighted by Gasteiger charge is -2.07. The number of thiazole rings is 1. The van der Waals surface area contributed by atoms with E-state index in [0.717, 1.165) is 10.6 Å². The van der Waals surface area contributed by atoms with Crippen molar-refractivity contribution in [1.82, 2.24) is 10.3 Å². The molecule has 134 valence electrons. The van der Waals surface area contributed by atoms with E-state index in [9.17, 15) is 9.59 Å². The van der Waals surface area contributed by atoms with Gasteiger partial charge < -0.3 is 10.6 Å². The van der Waals surface area contributed by atoms with Crippen molar-refractivity contribution in [2.75, 3.05) is 11.9 Å². The maximum Gasteiger partial charge on any atom is 0.263 e. The van der Waals surface area contributed by atoms with Gasteiger partial charge in [-0.15, -0.1) is 17.8 Å². The maximum absolute atomic E-state index is 12.4. The van der Waals surface area contributed by atoms with Crippen LogP contribution in [0, 0.1) is 19.3 Å². The fraction of sp³-hybridized carbons (Fsp3) is 0.0952. The van der Waals surface area contributed by atoms with Crippen LogP contribution in [0.25, 0.3) is 10.6 Å². The van der Waals surface area contributed by atoms with Crippen LogP contribution >= 0.6 is 11.3 Å². The summed E-state index contributed by atoms with van der Waals surface area (Å²) >= 11 is 1.30. The molecular weight excluding hydrogens is 358 g/mol. The van der Waals surface area contributed by atoms with E-state index in [2.05, 4.69) is 21.5 Å². The lowest BCUT2D eigenvalue weighted by Crippen LogP contribution is -2.32. The minimum atomic E-state index is -0.331. The van der Waals surface area contributed by atoms with E-state index in [0.29, 0.717) is 21.8 Å². The third kappa shape index (κ3) is 4.60. The number of aryl methyl sites for hydroxylation is 1. The van der Waals surface area contributed by atoms with Crippen molar-refractivity contribution < 1.29 is 9.59 Å². The van der Waals surface area contributed by atoms with Crippen LogP contribution in [0.4, 0.5) is 5.69 Å². The molecule has 3 rings (SSSR count). The summed E-state index contributed by atoms with van der Waals surface area (Å²) in [4.78, 5) is 29.4. The minimum absolute atomic E-state index is 0.142. The monoisotopic (exact) mass is 375 g/mol. The molecule has 5 nitrogen and oxygen atoms in total. The summed E-state index contributed by atoms with van der Waals surface area (Å²) in [7, 11) is 0. The lowest BCUT2D eigenvalue weighted by atomic mass is 10.2. The summed E-state index contributed by atoms with van der Waals surface area (Å²) in [5.41, 5.74) is 2.85. The summed E-state index contributed by atoms with van der Waals surface area (Å²) in [6.45, 7) is 1.64. The molecule has 2 amide bonds. The van der Waals surface area contributed by atoms with Crippen LogP contribution in [0.2, 0.25) is 0 Å². The molecule has 2 N–H and O–H groups in total. The van der Waals surface area contributed by atoms with E-state index >= 15 is 0 Å². The molecule has 0 fully saturated rings. The summed E-state index contributed by atoms with van der Waals surface area (Å²) in [6, 6.07) is 16.6. The van der Waals surface area contributed by atoms with Crippen LogP contribution in [0.5, 0.6) is 0 Å². The molecule has 6 heteroatoms. The minimum Gasteiger partial charge on any atom is -0.342 e. The topological polar surface area (TPSA) is 71.1 Å². The van der Waals surface area contributed by atoms with Crippen molar-refractivity contribution in [3.8, 4) is 22.9 Å². The Hall–Kier alpha value is -3.43. The quantitative estimate of drug-likeness (QED) is 0.671. The Morgan fingerprint density at radius 3 is 2.67 bits per heavy atom. The Labute approximate surface area is 161 Å². The average Bonchev–Trinajstić information content (AvgIpc) is 3.09. The zero-order valence-electron chi connectivity index (χ0n) is 14.7. The van der Waals surface area contributed by atoms with Gasteiger partial charge in [-0.2, -0.15) is 0 Å². The second kappa shape index (κ2) is 8.30. The number of rotatable bonds is 5. The molecule has 3 aromatic rings. The molecule has 0 aliphatic rings. The van der Waals surface area contributed by atoms with Gasteiger partial charge in [-0.05, 0) is 25.1 Å². The molecule has 0 aliphatic carbocycles. The van der Waals surface area contributed by atoms with Crippen LogP contribution < -0.4 is 10.6 Å². The van der Waals surface area contributed by atoms with E-state index in [1.165, 1.54) is 11.3 Å². The van der Waals surface area contributed by atoms with Crippen LogP contribution in [0.3, 0.4) is 0 Å². The Morgan fingerprint density at radius 2 is 1.93 bits per heavy atom. The predicted octanol–water partition coefficient (Wildman–Crippen LogP) is 3.47. The molecule has 0 radical (unpaired) electrons. The normalized spacial score (nSPS) is 10.1. The first kappa shape index (κ1) is 18.4. The van der Waals surface area contributed by atoms with Gasteiger partial charge in [0.05, 0.1) is 12.2 Å². The van der Waals surface area contributed by atoms with Gasteiger partial charge in [0.25, 0.3) is 5.91 Å². The Morgan fingerprint density at radius 1 is 1.15 bits per heavy atom. The van der Waals surface area contributed by atoms with Crippen LogP contribution in [0.1, 0.15) is 20.9 Å². The molecular formula is C21H17N3O2S. The van der Waals surface area contributed by atoms with Gasteiger partial charge in [0.15, 0.2) is 0 Å². The van der Waals surface area contributed by atoms with Crippen molar-refractivity contribution in [2.45, 2.75) is 6.92 Å². The number of nitrogens with one attached hydrogen (secondary N) is 2. The highest BCUT2D eigenvalue weighted by molar-refractivity contribution is 7.17. The number of terminal acetylenes is 1. The molecule has 0 aliphatic heterocycles. The highest BCUT2D eigenvalue weighted by Crippen LogP contribution is 2.27. The third-order valence-electron chi connectivity index (χ3n) is 3.75. The second-order valence-corrected chi connectivity index (χ2v) is 6.75. The number of nitrogens with zero attached hydrogens (tertiary/aromatic N) is 1. The first-order valence-corrected chi connectivity index (χ1v) is 9.06. The number of carbonyl (C=O) groups excluding carboxylic acids is 2. The van der Waals surface area contributed by atoms with Gasteiger partial charge in [0.1, 0.15) is 9.88 Å². The van der Waals surface area contributed by atoms with Crippen molar-refractivity contribution in [2.24, 2.45) is 0 Å². The van der Waals surface area contributed by atoms with Crippen molar-refractivity contribution >= 4 is 28.8 Å². The molecule has 1 aromatic heterocycles. The molecule has 0 saturated heterocycles. The van der Waals surface area contributed by atoms with Crippen LogP contribution in [0.15, 0.2) is 54.6 Å². The Kier molecular flexibility index (Phi) is 5.64. The van der Waals surface area contributed by atoms with Crippen LogP contribution in [-0.4, -0.2) is 23.3 Å². The van der Waals surface area contributed by atoms with E-state index in [1.807, 2.05) is 30.3 Å². The molecule has 1 heterocycles. The van der Waals surface area contributed by atoms with E-state index < -0.39 is 0 Å². The third-order valence-corrected chi connectivity index (χ3v) is 4.95. The summed E-state index contributed by atoms with van der Waals surface area (Å²) < 4.78 is 0. The summed E-state index contributed by atoms with van der Waals surface area (Å²) in [6.07, 6.45) is 5.35. The average molecular weight is 375 g/mol. The number of hydrogen-bond acceptors (Lipinski definition) is 4. The van der Waals surface area contributed by atoms with Gasteiger partial charge in [0.2, 0.25) is 5.91 Å². The van der Waals surface area contributed by atoms with Gasteiger partial charge >= 0.3 is 0 Å². The SMILES string of the molecule is C#Cc1cccc(NC(=O)CNC(=O)c2sc(-c3ccccc3)nc2C)c1. The number of aromatic nitrogens is 1. The molecule has 0 atom stereocenters. The first-order valence-electron chi connectivity index (χ1n) is 8.24. The molecule has 2 aromatic carbocycles. The molecule has 0 unspecified atom stereocenters. The molecule has 0 spiro atoms. The van der Waals surface area contributed by atoms with Gasteiger partial charge in [-0.1, -0.05) is 42.3 Å². The highest BCUT2D eigenvalue weighted by Gasteiger charge is 2.17. The fourth-order valence-corrected chi connectivity index (χ4v) is 3.43. The first-order chi connectivity index (χ1) is 13.1. The number of benzene rings is 2. The standard InChI is InChI=1S/C21H17N3O2S/c1-3-15-8-7-11-17(12-15)24-18(25)13-22-20(26)19-14(2)23-21(27-19)16-9-5-4-6-10-16/h1,4-12H,13H2,2H3,(H,22,26)(H,24,25). The fourth-order valence-electron chi connectivity index (χ4n) is 2.44. The van der Waals surface area contributed by atoms with Crippen molar-refractivity contribution in [3.05, 3.63) is 70.7 Å². The van der Waals surface area contributed by atoms with Gasteiger partial charge in [-0.3, -0.25) is 9.59 Å². The van der Waals surface area contributed by atoms with Crippen LogP contribution in [-0.2, 0) is 4.79 Å². The van der Waals surface area contributed by atoms with Crippen molar-refractivity contribution in [3.63, 3.8) is 0 Å². The number of amides is 2. The number of anilines is 1. The highest BCUT2D eigenvalue weighted by atomic mass is 32.1. The summed E-state index contributed by atoms with van der Waals surface area (Å²) in [5.74, 6) is 1.86. The van der Waals surface area contributed by atoms with E-state index in [1.54, 1.807) is 31.2 Å². The summed E-state index contributed by atoms with van der Waals surface area (Å²) in [5, 5.41) is 6.11. The lowest BCUT2D eigenvalue weighted by molar-refractivity contribution is -0.115. The number of carbonyl (C=O) groups is 2. The van der Waals surface area contributed by atoms with Gasteiger partial charge in [0, 0.05) is 16.8 Å². The predicted molar refractivity (Wildman–Crippen MR) is 108 cm³/mol. The largest absolute Gasteiger partial charge is 0.342 e. The van der Waals surface area contributed by atoms with Gasteiger partial charge in [-0.25, -0.2) is 4.98 Å². The zero-order chi connectivity index (χ0) is 19.2. The molecule has 27 heavy (non-hydrogen) atoms. The van der Waals surface area contributed by atoms with E-state index in [-0.39, 0.29) is 18.4 Å². The van der Waals surface area contributed by atoms with Crippen molar-refractivity contribution in [1.29, 1.82) is 0 Å². The Bertz CT molecular complexity index is 1020. The smallest absolute Gasteiger partial charge is 0.263 e. The van der Waals surface area contributed by atoms with E-state index in [4.69, 9.17) is 6.42 Å².